The lowest BCUT2D eigenvalue weighted by Crippen LogP contribution is -2.54. The number of hydrogen-bond acceptors (Lipinski definition) is 6. The first kappa shape index (κ1) is 23.9. The Bertz CT molecular complexity index is 1050. The van der Waals surface area contributed by atoms with Gasteiger partial charge >= 0.3 is 0 Å². The van der Waals surface area contributed by atoms with Crippen molar-refractivity contribution in [1.29, 1.82) is 0 Å². The Morgan fingerprint density at radius 1 is 1.03 bits per heavy atom. The Labute approximate surface area is 192 Å². The van der Waals surface area contributed by atoms with Crippen LogP contribution in [0.1, 0.15) is 41.3 Å². The van der Waals surface area contributed by atoms with Crippen LogP contribution in [0.5, 0.6) is 0 Å². The number of carbonyl (C=O) groups excluding carboxylic acids is 3. The monoisotopic (exact) mass is 449 g/mol. The molecule has 1 saturated carbocycles. The summed E-state index contributed by atoms with van der Waals surface area (Å²) in [7, 11) is 0. The highest BCUT2D eigenvalue weighted by Gasteiger charge is 2.24. The standard InChI is InChI=1S/C24H27N5O4/c1-15(25)22(24(32)29-33)28-23(31)18-8-4-16(5-9-18)2-3-17-6-10-20(11-7-17)27-21(30)14-26-19-12-13-19/h4-11,15,19,22,26,33H,12-14,25H2,1H3,(H,27,30)(H,28,31)(H,29,32)/t15-,22+/m1/s1. The minimum Gasteiger partial charge on any atom is -0.339 e. The van der Waals surface area contributed by atoms with E-state index < -0.39 is 23.9 Å². The van der Waals surface area contributed by atoms with Crippen molar-refractivity contribution in [2.75, 3.05) is 11.9 Å². The van der Waals surface area contributed by atoms with E-state index in [9.17, 15) is 14.4 Å². The van der Waals surface area contributed by atoms with Gasteiger partial charge in [-0.15, -0.1) is 0 Å². The summed E-state index contributed by atoms with van der Waals surface area (Å²) < 4.78 is 0. The molecule has 2 aromatic carbocycles. The van der Waals surface area contributed by atoms with E-state index >= 15 is 0 Å². The summed E-state index contributed by atoms with van der Waals surface area (Å²) in [6.45, 7) is 1.85. The molecule has 1 fully saturated rings. The molecule has 2 aromatic rings. The smallest absolute Gasteiger partial charge is 0.267 e. The van der Waals surface area contributed by atoms with Gasteiger partial charge in [-0.25, -0.2) is 5.48 Å². The molecule has 0 radical (unpaired) electrons. The lowest BCUT2D eigenvalue weighted by Gasteiger charge is -2.20. The predicted octanol–water partition coefficient (Wildman–Crippen LogP) is 0.728. The summed E-state index contributed by atoms with van der Waals surface area (Å²) in [4.78, 5) is 35.9. The van der Waals surface area contributed by atoms with E-state index in [1.165, 1.54) is 5.48 Å². The minimum atomic E-state index is -1.07. The molecule has 172 valence electrons. The summed E-state index contributed by atoms with van der Waals surface area (Å²) >= 11 is 0. The second-order valence-electron chi connectivity index (χ2n) is 7.89. The van der Waals surface area contributed by atoms with Crippen molar-refractivity contribution in [3.63, 3.8) is 0 Å². The molecule has 0 unspecified atom stereocenters. The van der Waals surface area contributed by atoms with Gasteiger partial charge in [0.1, 0.15) is 6.04 Å². The summed E-state index contributed by atoms with van der Waals surface area (Å²) in [5.74, 6) is 4.69. The Morgan fingerprint density at radius 3 is 2.12 bits per heavy atom. The van der Waals surface area contributed by atoms with Crippen molar-refractivity contribution < 1.29 is 19.6 Å². The van der Waals surface area contributed by atoms with Gasteiger partial charge in [-0.05, 0) is 68.3 Å². The van der Waals surface area contributed by atoms with Gasteiger partial charge in [0, 0.05) is 34.5 Å². The molecule has 1 aliphatic carbocycles. The van der Waals surface area contributed by atoms with Gasteiger partial charge in [0.15, 0.2) is 0 Å². The maximum atomic E-state index is 12.4. The van der Waals surface area contributed by atoms with Crippen LogP contribution in [0.15, 0.2) is 48.5 Å². The third-order valence-electron chi connectivity index (χ3n) is 5.00. The van der Waals surface area contributed by atoms with E-state index in [1.54, 1.807) is 43.3 Å². The largest absolute Gasteiger partial charge is 0.339 e. The van der Waals surface area contributed by atoms with Gasteiger partial charge in [-0.2, -0.15) is 0 Å². The maximum Gasteiger partial charge on any atom is 0.267 e. The van der Waals surface area contributed by atoms with Crippen LogP contribution in [-0.4, -0.2) is 47.6 Å². The van der Waals surface area contributed by atoms with E-state index in [0.717, 1.165) is 18.4 Å². The molecule has 9 nitrogen and oxygen atoms in total. The van der Waals surface area contributed by atoms with Crippen LogP contribution in [0.3, 0.4) is 0 Å². The van der Waals surface area contributed by atoms with E-state index in [1.807, 2.05) is 12.1 Å². The topological polar surface area (TPSA) is 146 Å². The Kier molecular flexibility index (Phi) is 8.16. The molecule has 9 heteroatoms. The Balaban J connectivity index is 1.55. The highest BCUT2D eigenvalue weighted by molar-refractivity contribution is 5.97. The first-order chi connectivity index (χ1) is 15.9. The van der Waals surface area contributed by atoms with Crippen molar-refractivity contribution in [3.8, 4) is 11.8 Å². The fourth-order valence-electron chi connectivity index (χ4n) is 2.95. The fourth-order valence-corrected chi connectivity index (χ4v) is 2.95. The normalized spacial score (nSPS) is 14.3. The van der Waals surface area contributed by atoms with Crippen LogP contribution in [0.4, 0.5) is 5.69 Å². The zero-order chi connectivity index (χ0) is 23.8. The summed E-state index contributed by atoms with van der Waals surface area (Å²) in [6.07, 6.45) is 2.27. The lowest BCUT2D eigenvalue weighted by atomic mass is 10.1. The van der Waals surface area contributed by atoms with Crippen molar-refractivity contribution in [3.05, 3.63) is 65.2 Å². The molecule has 3 rings (SSSR count). The van der Waals surface area contributed by atoms with Crippen molar-refractivity contribution in [1.82, 2.24) is 16.1 Å². The molecule has 0 aromatic heterocycles. The third kappa shape index (κ3) is 7.43. The summed E-state index contributed by atoms with van der Waals surface area (Å²) in [6, 6.07) is 12.5. The number of rotatable bonds is 8. The zero-order valence-electron chi connectivity index (χ0n) is 18.2. The number of hydrogen-bond donors (Lipinski definition) is 6. The number of nitrogens with two attached hydrogens (primary N) is 1. The van der Waals surface area contributed by atoms with Crippen LogP contribution in [-0.2, 0) is 9.59 Å². The third-order valence-corrected chi connectivity index (χ3v) is 5.00. The fraction of sp³-hybridized carbons (Fsp3) is 0.292. The molecule has 2 atom stereocenters. The zero-order valence-corrected chi connectivity index (χ0v) is 18.2. The van der Waals surface area contributed by atoms with Crippen LogP contribution >= 0.6 is 0 Å². The number of nitrogens with one attached hydrogen (secondary N) is 4. The summed E-state index contributed by atoms with van der Waals surface area (Å²) in [5.41, 5.74) is 9.70. The average Bonchev–Trinajstić information content (AvgIpc) is 3.65. The Hall–Kier alpha value is -3.71. The first-order valence-electron chi connectivity index (χ1n) is 10.6. The molecule has 7 N–H and O–H groups in total. The van der Waals surface area contributed by atoms with E-state index in [-0.39, 0.29) is 5.91 Å². The van der Waals surface area contributed by atoms with Crippen molar-refractivity contribution in [2.24, 2.45) is 5.73 Å². The predicted molar refractivity (Wildman–Crippen MR) is 123 cm³/mol. The average molecular weight is 450 g/mol. The van der Waals surface area contributed by atoms with Gasteiger partial charge in [0.25, 0.3) is 11.8 Å². The highest BCUT2D eigenvalue weighted by Crippen LogP contribution is 2.18. The van der Waals surface area contributed by atoms with Gasteiger partial charge in [0.05, 0.1) is 6.54 Å². The number of amides is 3. The molecule has 1 aliphatic rings. The number of anilines is 1. The van der Waals surface area contributed by atoms with Gasteiger partial charge in [0.2, 0.25) is 5.91 Å². The summed E-state index contributed by atoms with van der Waals surface area (Å²) in [5, 5.41) is 17.3. The molecule has 0 aliphatic heterocycles. The molecule has 0 saturated heterocycles. The Morgan fingerprint density at radius 2 is 1.61 bits per heavy atom. The van der Waals surface area contributed by atoms with Crippen LogP contribution in [0.2, 0.25) is 0 Å². The van der Waals surface area contributed by atoms with Gasteiger partial charge in [-0.3, -0.25) is 19.6 Å². The second-order valence-corrected chi connectivity index (χ2v) is 7.89. The maximum absolute atomic E-state index is 12.4. The quantitative estimate of drug-likeness (QED) is 0.199. The lowest BCUT2D eigenvalue weighted by molar-refractivity contribution is -0.131. The molecular formula is C24H27N5O4. The number of hydroxylamine groups is 1. The molecular weight excluding hydrogens is 422 g/mol. The van der Waals surface area contributed by atoms with Gasteiger partial charge in [-0.1, -0.05) is 11.8 Å². The number of carbonyl (C=O) groups is 3. The molecule has 0 heterocycles. The van der Waals surface area contributed by atoms with E-state index in [2.05, 4.69) is 27.8 Å². The minimum absolute atomic E-state index is 0.0749. The molecule has 0 bridgehead atoms. The van der Waals surface area contributed by atoms with Crippen LogP contribution < -0.4 is 27.2 Å². The highest BCUT2D eigenvalue weighted by atomic mass is 16.5. The van der Waals surface area contributed by atoms with E-state index in [0.29, 0.717) is 29.4 Å². The molecule has 0 spiro atoms. The van der Waals surface area contributed by atoms with Crippen molar-refractivity contribution in [2.45, 2.75) is 37.9 Å². The molecule has 33 heavy (non-hydrogen) atoms. The van der Waals surface area contributed by atoms with Crippen LogP contribution in [0, 0.1) is 11.8 Å². The van der Waals surface area contributed by atoms with E-state index in [4.69, 9.17) is 10.9 Å². The molecule has 3 amide bonds. The first-order valence-corrected chi connectivity index (χ1v) is 10.6. The second kappa shape index (κ2) is 11.2. The SMILES string of the molecule is C[C@@H](N)[C@H](NC(=O)c1ccc(C#Cc2ccc(NC(=O)CNC3CC3)cc2)cc1)C(=O)NO. The number of benzene rings is 2. The van der Waals surface area contributed by atoms with Crippen LogP contribution in [0.25, 0.3) is 0 Å². The van der Waals surface area contributed by atoms with Crippen molar-refractivity contribution >= 4 is 23.4 Å². The van der Waals surface area contributed by atoms with Gasteiger partial charge < -0.3 is 21.7 Å².